The number of halogens is 1. The van der Waals surface area contributed by atoms with Crippen molar-refractivity contribution in [3.05, 3.63) is 102 Å². The molecule has 202 valence electrons. The summed E-state index contributed by atoms with van der Waals surface area (Å²) in [6, 6.07) is 14.7. The Bertz CT molecular complexity index is 1410. The lowest BCUT2D eigenvalue weighted by atomic mass is 9.98. The van der Waals surface area contributed by atoms with Crippen molar-refractivity contribution in [3.8, 4) is 23.3 Å². The molecule has 1 aromatic heterocycles. The number of ether oxygens (including phenoxy) is 1. The molecular weight excluding hydrogens is 512 g/mol. The van der Waals surface area contributed by atoms with Gasteiger partial charge in [0.1, 0.15) is 24.1 Å². The van der Waals surface area contributed by atoms with Gasteiger partial charge in [-0.15, -0.1) is 5.92 Å². The normalized spacial score (nSPS) is 16.6. The third-order valence-electron chi connectivity index (χ3n) is 6.76. The van der Waals surface area contributed by atoms with E-state index in [1.807, 2.05) is 67.7 Å². The van der Waals surface area contributed by atoms with E-state index >= 15 is 0 Å². The molecule has 4 rings (SSSR count). The average Bonchev–Trinajstić information content (AvgIpc) is 3.65. The highest BCUT2D eigenvalue weighted by Gasteiger charge is 2.34. The summed E-state index contributed by atoms with van der Waals surface area (Å²) in [7, 11) is 0. The van der Waals surface area contributed by atoms with Gasteiger partial charge >= 0.3 is 0 Å². The molecule has 2 aromatic carbocycles. The number of benzene rings is 2. The van der Waals surface area contributed by atoms with Crippen LogP contribution >= 0.6 is 11.6 Å². The first-order chi connectivity index (χ1) is 18.8. The molecule has 1 amide bonds. The molecule has 3 aromatic rings. The predicted octanol–water partition coefficient (Wildman–Crippen LogP) is 5.23. The van der Waals surface area contributed by atoms with Gasteiger partial charge in [-0.1, -0.05) is 61.4 Å². The smallest absolute Gasteiger partial charge is 0.229 e. The Labute approximate surface area is 234 Å². The molecule has 1 aliphatic heterocycles. The highest BCUT2D eigenvalue weighted by atomic mass is 35.5. The van der Waals surface area contributed by atoms with Crippen molar-refractivity contribution in [2.75, 3.05) is 13.2 Å². The van der Waals surface area contributed by atoms with Crippen molar-refractivity contribution in [3.63, 3.8) is 0 Å². The highest BCUT2D eigenvalue weighted by molar-refractivity contribution is 6.30. The zero-order valence-corrected chi connectivity index (χ0v) is 23.1. The second-order valence-corrected chi connectivity index (χ2v) is 9.87. The second-order valence-electron chi connectivity index (χ2n) is 9.44. The Morgan fingerprint density at radius 3 is 2.82 bits per heavy atom. The monoisotopic (exact) mass is 544 g/mol. The van der Waals surface area contributed by atoms with Crippen LogP contribution in [0.1, 0.15) is 44.0 Å². The number of hydrogen-bond acceptors (Lipinski definition) is 5. The van der Waals surface area contributed by atoms with Crippen molar-refractivity contribution in [1.82, 2.24) is 20.0 Å². The molecule has 0 bridgehead atoms. The third-order valence-corrected chi connectivity index (χ3v) is 7.00. The molecule has 0 fully saturated rings. The van der Waals surface area contributed by atoms with Crippen LogP contribution in [-0.2, 0) is 4.79 Å². The molecule has 39 heavy (non-hydrogen) atoms. The summed E-state index contributed by atoms with van der Waals surface area (Å²) in [6.07, 6.45) is 6.40. The Morgan fingerprint density at radius 2 is 2.10 bits per heavy atom. The predicted molar refractivity (Wildman–Crippen MR) is 153 cm³/mol. The number of nitrogens with one attached hydrogen (secondary N) is 1. The van der Waals surface area contributed by atoms with E-state index in [9.17, 15) is 9.90 Å². The minimum atomic E-state index is -1.08. The Balaban J connectivity index is 1.44. The number of nitrogens with zero attached hydrogens (tertiary/aromatic N) is 3. The van der Waals surface area contributed by atoms with E-state index in [0.29, 0.717) is 23.0 Å². The molecule has 0 aliphatic carbocycles. The standard InChI is InChI=1S/C31H33ClN4O3/c1-5-6-18-39-29-20-24(13-14-28(29)36-17-9-15-33-36)22(3)34-23(4)30(37)21(2)31(38)35-16-8-12-27(35)25-10-7-11-26(32)19-25/h7-15,17,19-22,27,30,34,37H,4,16,18H2,1-3H3/t21-,22-,27?,30-/m1/s1. The quantitative estimate of drug-likeness (QED) is 0.270. The summed E-state index contributed by atoms with van der Waals surface area (Å²) >= 11 is 6.17. The number of amides is 1. The van der Waals surface area contributed by atoms with Gasteiger partial charge in [-0.05, 0) is 55.3 Å². The van der Waals surface area contributed by atoms with Crippen molar-refractivity contribution in [1.29, 1.82) is 0 Å². The fraction of sp³-hybridized carbons (Fsp3) is 0.290. The summed E-state index contributed by atoms with van der Waals surface area (Å²) in [6.45, 7) is 10.2. The zero-order valence-electron chi connectivity index (χ0n) is 22.3. The van der Waals surface area contributed by atoms with Crippen molar-refractivity contribution >= 4 is 17.5 Å². The summed E-state index contributed by atoms with van der Waals surface area (Å²) in [5.74, 6) is 5.52. The third kappa shape index (κ3) is 6.54. The first-order valence-corrected chi connectivity index (χ1v) is 13.2. The Kier molecular flexibility index (Phi) is 9.13. The van der Waals surface area contributed by atoms with Gasteiger partial charge in [-0.25, -0.2) is 4.68 Å². The van der Waals surface area contributed by atoms with Crippen LogP contribution in [0.4, 0.5) is 0 Å². The van der Waals surface area contributed by atoms with E-state index in [1.54, 1.807) is 35.7 Å². The fourth-order valence-electron chi connectivity index (χ4n) is 4.58. The van der Waals surface area contributed by atoms with Crippen LogP contribution in [0.2, 0.25) is 5.02 Å². The number of aromatic nitrogens is 2. The van der Waals surface area contributed by atoms with E-state index in [-0.39, 0.29) is 24.6 Å². The SMILES string of the molecule is C=C(N[C@H](C)c1ccc(-n2cccn2)c(OCC#CC)c1)[C@H](O)[C@@H](C)C(=O)N1CC=CC1c1cccc(Cl)c1. The first-order valence-electron chi connectivity index (χ1n) is 12.8. The Morgan fingerprint density at radius 1 is 1.28 bits per heavy atom. The molecule has 0 saturated heterocycles. The molecule has 1 aliphatic rings. The summed E-state index contributed by atoms with van der Waals surface area (Å²) in [5.41, 5.74) is 3.01. The molecule has 0 spiro atoms. The van der Waals surface area contributed by atoms with Crippen molar-refractivity contribution < 1.29 is 14.6 Å². The minimum Gasteiger partial charge on any atom is -0.479 e. The van der Waals surface area contributed by atoms with E-state index in [1.165, 1.54) is 0 Å². The topological polar surface area (TPSA) is 79.6 Å². The molecule has 0 radical (unpaired) electrons. The maximum Gasteiger partial charge on any atom is 0.229 e. The molecule has 0 saturated carbocycles. The van der Waals surface area contributed by atoms with Crippen molar-refractivity contribution in [2.24, 2.45) is 5.92 Å². The first kappa shape index (κ1) is 28.0. The van der Waals surface area contributed by atoms with E-state index < -0.39 is 12.0 Å². The van der Waals surface area contributed by atoms with Gasteiger partial charge in [-0.3, -0.25) is 4.79 Å². The van der Waals surface area contributed by atoms with Gasteiger partial charge in [0, 0.05) is 35.7 Å². The van der Waals surface area contributed by atoms with Crippen LogP contribution in [0.15, 0.2) is 85.4 Å². The molecule has 2 N–H and O–H groups in total. The molecule has 2 heterocycles. The van der Waals surface area contributed by atoms with E-state index in [0.717, 1.165) is 16.8 Å². The second kappa shape index (κ2) is 12.7. The summed E-state index contributed by atoms with van der Waals surface area (Å²) < 4.78 is 7.66. The van der Waals surface area contributed by atoms with E-state index in [4.69, 9.17) is 16.3 Å². The molecule has 4 atom stereocenters. The van der Waals surface area contributed by atoms with Gasteiger partial charge < -0.3 is 20.1 Å². The summed E-state index contributed by atoms with van der Waals surface area (Å²) in [4.78, 5) is 15.2. The number of carbonyl (C=O) groups excluding carboxylic acids is 1. The maximum atomic E-state index is 13.4. The number of carbonyl (C=O) groups is 1. The van der Waals surface area contributed by atoms with Crippen LogP contribution in [0, 0.1) is 17.8 Å². The summed E-state index contributed by atoms with van der Waals surface area (Å²) in [5, 5.41) is 19.3. The van der Waals surface area contributed by atoms with Crippen LogP contribution in [0.25, 0.3) is 5.69 Å². The lowest BCUT2D eigenvalue weighted by Crippen LogP contribution is -2.42. The van der Waals surface area contributed by atoms with Crippen LogP contribution in [-0.4, -0.2) is 44.9 Å². The molecule has 8 heteroatoms. The number of aliphatic hydroxyl groups excluding tert-OH is 1. The fourth-order valence-corrected chi connectivity index (χ4v) is 4.78. The molecular formula is C31H33ClN4O3. The zero-order chi connectivity index (χ0) is 27.9. The van der Waals surface area contributed by atoms with Crippen LogP contribution in [0.3, 0.4) is 0 Å². The highest BCUT2D eigenvalue weighted by Crippen LogP contribution is 2.31. The van der Waals surface area contributed by atoms with Crippen LogP contribution < -0.4 is 10.1 Å². The maximum absolute atomic E-state index is 13.4. The number of rotatable bonds is 10. The average molecular weight is 545 g/mol. The lowest BCUT2D eigenvalue weighted by Gasteiger charge is -2.31. The van der Waals surface area contributed by atoms with Gasteiger partial charge in [0.2, 0.25) is 5.91 Å². The largest absolute Gasteiger partial charge is 0.479 e. The van der Waals surface area contributed by atoms with E-state index in [2.05, 4.69) is 28.8 Å². The van der Waals surface area contributed by atoms with Crippen molar-refractivity contribution in [2.45, 2.75) is 39.0 Å². The van der Waals surface area contributed by atoms with Gasteiger partial charge in [0.25, 0.3) is 0 Å². The minimum absolute atomic E-state index is 0.163. The molecule has 7 nitrogen and oxygen atoms in total. The van der Waals surface area contributed by atoms with Gasteiger partial charge in [-0.2, -0.15) is 5.10 Å². The molecule has 1 unspecified atom stereocenters. The Hall–Kier alpha value is -3.99. The van der Waals surface area contributed by atoms with Crippen LogP contribution in [0.5, 0.6) is 5.75 Å². The lowest BCUT2D eigenvalue weighted by molar-refractivity contribution is -0.138. The number of aliphatic hydroxyl groups is 1. The van der Waals surface area contributed by atoms with Gasteiger partial charge in [0.15, 0.2) is 0 Å². The number of hydrogen-bond donors (Lipinski definition) is 2. The van der Waals surface area contributed by atoms with Gasteiger partial charge in [0.05, 0.1) is 12.0 Å².